The fourth-order valence-electron chi connectivity index (χ4n) is 2.04. The molecule has 0 aliphatic rings. The number of halogens is 2. The predicted octanol–water partition coefficient (Wildman–Crippen LogP) is 2.54. The largest absolute Gasteiger partial charge is 0.481 e. The average Bonchev–Trinajstić information content (AvgIpc) is 2.55. The lowest BCUT2D eigenvalue weighted by molar-refractivity contribution is -0.127. The lowest BCUT2D eigenvalue weighted by Crippen LogP contribution is -2.35. The van der Waals surface area contributed by atoms with E-state index in [1.165, 1.54) is 13.0 Å². The zero-order valence-corrected chi connectivity index (χ0v) is 13.4. The summed E-state index contributed by atoms with van der Waals surface area (Å²) in [6.45, 7) is 1.68. The molecule has 0 aromatic heterocycles. The van der Waals surface area contributed by atoms with E-state index in [1.54, 1.807) is 24.3 Å². The van der Waals surface area contributed by atoms with Crippen LogP contribution in [0.1, 0.15) is 12.5 Å². The number of carbonyl (C=O) groups is 2. The number of hydrogen-bond acceptors (Lipinski definition) is 3. The number of ether oxygens (including phenoxy) is 1. The number of anilines is 1. The van der Waals surface area contributed by atoms with Gasteiger partial charge in [0, 0.05) is 18.3 Å². The summed E-state index contributed by atoms with van der Waals surface area (Å²) in [6, 6.07) is 9.12. The van der Waals surface area contributed by atoms with Crippen LogP contribution in [-0.4, -0.2) is 18.0 Å². The van der Waals surface area contributed by atoms with Gasteiger partial charge in [0.05, 0.1) is 0 Å². The number of amides is 3. The van der Waals surface area contributed by atoms with E-state index < -0.39 is 29.7 Å². The molecule has 0 saturated heterocycles. The van der Waals surface area contributed by atoms with Gasteiger partial charge >= 0.3 is 6.03 Å². The number of rotatable bonds is 6. The van der Waals surface area contributed by atoms with Gasteiger partial charge in [-0.1, -0.05) is 12.1 Å². The molecule has 2 rings (SSSR count). The van der Waals surface area contributed by atoms with Gasteiger partial charge in [0.25, 0.3) is 5.91 Å². The van der Waals surface area contributed by atoms with Crippen LogP contribution in [0.5, 0.6) is 5.75 Å². The van der Waals surface area contributed by atoms with E-state index in [-0.39, 0.29) is 12.3 Å². The molecule has 1 atom stereocenters. The molecule has 0 unspecified atom stereocenters. The summed E-state index contributed by atoms with van der Waals surface area (Å²) >= 11 is 0. The van der Waals surface area contributed by atoms with Gasteiger partial charge in [-0.15, -0.1) is 0 Å². The zero-order chi connectivity index (χ0) is 18.4. The van der Waals surface area contributed by atoms with Crippen molar-refractivity contribution in [1.82, 2.24) is 5.32 Å². The van der Waals surface area contributed by atoms with Gasteiger partial charge in [0.1, 0.15) is 5.75 Å². The van der Waals surface area contributed by atoms with E-state index in [0.29, 0.717) is 5.69 Å². The maximum atomic E-state index is 13.1. The molecule has 2 aromatic rings. The van der Waals surface area contributed by atoms with Crippen molar-refractivity contribution in [1.29, 1.82) is 0 Å². The van der Waals surface area contributed by atoms with Crippen LogP contribution in [0.2, 0.25) is 0 Å². The first-order valence-corrected chi connectivity index (χ1v) is 7.40. The Bertz CT molecular complexity index is 783. The number of nitrogens with two attached hydrogens (primary N) is 1. The number of benzene rings is 2. The van der Waals surface area contributed by atoms with Gasteiger partial charge in [-0.05, 0) is 36.8 Å². The van der Waals surface area contributed by atoms with Crippen molar-refractivity contribution in [3.8, 4) is 5.75 Å². The van der Waals surface area contributed by atoms with Crippen LogP contribution in [0.15, 0.2) is 42.5 Å². The molecule has 3 amide bonds. The molecule has 25 heavy (non-hydrogen) atoms. The molecule has 132 valence electrons. The second kappa shape index (κ2) is 8.09. The summed E-state index contributed by atoms with van der Waals surface area (Å²) in [5.41, 5.74) is 6.28. The van der Waals surface area contributed by atoms with Gasteiger partial charge in [0.2, 0.25) is 0 Å². The lowest BCUT2D eigenvalue weighted by Gasteiger charge is -2.15. The molecule has 4 N–H and O–H groups in total. The van der Waals surface area contributed by atoms with Crippen molar-refractivity contribution in [3.05, 3.63) is 59.7 Å². The predicted molar refractivity (Wildman–Crippen MR) is 87.9 cm³/mol. The SMILES string of the molecule is C[C@@H](Oc1ccc(F)c(F)c1)C(=O)NCc1cccc(NC(N)=O)c1. The van der Waals surface area contributed by atoms with Crippen molar-refractivity contribution in [2.75, 3.05) is 5.32 Å². The van der Waals surface area contributed by atoms with Crippen molar-refractivity contribution < 1.29 is 23.1 Å². The monoisotopic (exact) mass is 349 g/mol. The van der Waals surface area contributed by atoms with Crippen LogP contribution in [-0.2, 0) is 11.3 Å². The van der Waals surface area contributed by atoms with Crippen LogP contribution < -0.4 is 21.1 Å². The van der Waals surface area contributed by atoms with E-state index in [2.05, 4.69) is 10.6 Å². The van der Waals surface area contributed by atoms with Crippen LogP contribution in [0.4, 0.5) is 19.3 Å². The van der Waals surface area contributed by atoms with Gasteiger partial charge in [-0.2, -0.15) is 0 Å². The number of hydrogen-bond donors (Lipinski definition) is 3. The Hall–Kier alpha value is -3.16. The Kier molecular flexibility index (Phi) is 5.89. The van der Waals surface area contributed by atoms with Crippen LogP contribution in [0.3, 0.4) is 0 Å². The number of urea groups is 1. The average molecular weight is 349 g/mol. The van der Waals surface area contributed by atoms with Gasteiger partial charge in [-0.25, -0.2) is 13.6 Å². The minimum atomic E-state index is -1.05. The second-order valence-corrected chi connectivity index (χ2v) is 5.24. The molecule has 0 saturated carbocycles. The van der Waals surface area contributed by atoms with E-state index in [4.69, 9.17) is 10.5 Å². The molecule has 6 nitrogen and oxygen atoms in total. The quantitative estimate of drug-likeness (QED) is 0.748. The fraction of sp³-hybridized carbons (Fsp3) is 0.176. The van der Waals surface area contributed by atoms with E-state index in [1.807, 2.05) is 0 Å². The maximum absolute atomic E-state index is 13.1. The molecule has 0 fully saturated rings. The summed E-state index contributed by atoms with van der Waals surface area (Å²) in [5, 5.41) is 5.08. The third-order valence-corrected chi connectivity index (χ3v) is 3.23. The summed E-state index contributed by atoms with van der Waals surface area (Å²) < 4.78 is 31.3. The Labute approximate surface area is 143 Å². The first kappa shape index (κ1) is 18.2. The van der Waals surface area contributed by atoms with Gasteiger partial charge in [0.15, 0.2) is 17.7 Å². The standard InChI is InChI=1S/C17H17F2N3O3/c1-10(25-13-5-6-14(18)15(19)8-13)16(23)21-9-11-3-2-4-12(7-11)22-17(20)24/h2-8,10H,9H2,1H3,(H,21,23)(H3,20,22,24)/t10-/m1/s1. The maximum Gasteiger partial charge on any atom is 0.316 e. The highest BCUT2D eigenvalue weighted by Gasteiger charge is 2.15. The normalized spacial score (nSPS) is 11.5. The molecule has 2 aromatic carbocycles. The Balaban J connectivity index is 1.90. The van der Waals surface area contributed by atoms with Gasteiger partial charge < -0.3 is 21.1 Å². The highest BCUT2D eigenvalue weighted by Crippen LogP contribution is 2.17. The second-order valence-electron chi connectivity index (χ2n) is 5.24. The molecule has 0 spiro atoms. The first-order valence-electron chi connectivity index (χ1n) is 7.40. The summed E-state index contributed by atoms with van der Waals surface area (Å²) in [7, 11) is 0. The Morgan fingerprint density at radius 3 is 2.60 bits per heavy atom. The molecule has 0 aliphatic carbocycles. The van der Waals surface area contributed by atoms with Crippen molar-refractivity contribution in [3.63, 3.8) is 0 Å². The molecule has 8 heteroatoms. The number of carbonyl (C=O) groups excluding carboxylic acids is 2. The van der Waals surface area contributed by atoms with Crippen LogP contribution in [0.25, 0.3) is 0 Å². The minimum Gasteiger partial charge on any atom is -0.481 e. The van der Waals surface area contributed by atoms with Crippen molar-refractivity contribution in [2.24, 2.45) is 5.73 Å². The molecule has 0 aliphatic heterocycles. The molecular formula is C17H17F2N3O3. The fourth-order valence-corrected chi connectivity index (χ4v) is 2.04. The number of primary amides is 1. The van der Waals surface area contributed by atoms with E-state index in [9.17, 15) is 18.4 Å². The molecule has 0 bridgehead atoms. The van der Waals surface area contributed by atoms with Crippen molar-refractivity contribution >= 4 is 17.6 Å². The third-order valence-electron chi connectivity index (χ3n) is 3.23. The third kappa shape index (κ3) is 5.45. The van der Waals surface area contributed by atoms with Crippen LogP contribution in [0, 0.1) is 11.6 Å². The van der Waals surface area contributed by atoms with E-state index in [0.717, 1.165) is 17.7 Å². The molecular weight excluding hydrogens is 332 g/mol. The zero-order valence-electron chi connectivity index (χ0n) is 13.4. The molecule has 0 heterocycles. The Morgan fingerprint density at radius 2 is 1.92 bits per heavy atom. The van der Waals surface area contributed by atoms with Crippen molar-refractivity contribution in [2.45, 2.75) is 19.6 Å². The first-order chi connectivity index (χ1) is 11.8. The highest BCUT2D eigenvalue weighted by atomic mass is 19.2. The summed E-state index contributed by atoms with van der Waals surface area (Å²) in [4.78, 5) is 22.9. The minimum absolute atomic E-state index is 0.0502. The lowest BCUT2D eigenvalue weighted by atomic mass is 10.2. The highest BCUT2D eigenvalue weighted by molar-refractivity contribution is 5.87. The van der Waals surface area contributed by atoms with E-state index >= 15 is 0 Å². The molecule has 0 radical (unpaired) electrons. The topological polar surface area (TPSA) is 93.4 Å². The smallest absolute Gasteiger partial charge is 0.316 e. The van der Waals surface area contributed by atoms with Gasteiger partial charge in [-0.3, -0.25) is 4.79 Å². The Morgan fingerprint density at radius 1 is 1.16 bits per heavy atom. The number of nitrogens with one attached hydrogen (secondary N) is 2. The summed E-state index contributed by atoms with van der Waals surface area (Å²) in [5.74, 6) is -2.43. The summed E-state index contributed by atoms with van der Waals surface area (Å²) in [6.07, 6.45) is -0.906. The van der Waals surface area contributed by atoms with Crippen LogP contribution >= 0.6 is 0 Å².